The fourth-order valence-electron chi connectivity index (χ4n) is 4.83. The van der Waals surface area contributed by atoms with E-state index in [0.717, 1.165) is 22.0 Å². The van der Waals surface area contributed by atoms with E-state index in [1.807, 2.05) is 12.1 Å². The summed E-state index contributed by atoms with van der Waals surface area (Å²) in [6, 6.07) is 14.0. The zero-order chi connectivity index (χ0) is 27.5. The monoisotopic (exact) mass is 545 g/mol. The highest BCUT2D eigenvalue weighted by Crippen LogP contribution is 2.51. The number of halogens is 3. The maximum atomic E-state index is 13.9. The largest absolute Gasteiger partial charge is 0.454 e. The number of fused-ring (bicyclic) bond motifs is 1. The zero-order valence-electron chi connectivity index (χ0n) is 21.1. The molecule has 0 aromatic heterocycles. The summed E-state index contributed by atoms with van der Waals surface area (Å²) in [5, 5.41) is 0. The fraction of sp³-hybridized carbons (Fsp3) is 0.321. The molecule has 0 radical (unpaired) electrons. The third-order valence-electron chi connectivity index (χ3n) is 7.23. The molecule has 5 rings (SSSR count). The molecular weight excluding hydrogens is 519 g/mol. The molecule has 0 bridgehead atoms. The third-order valence-corrected chi connectivity index (χ3v) is 9.10. The molecule has 1 fully saturated rings. The molecule has 3 aromatic rings. The number of nitrogens with zero attached hydrogens (tertiary/aromatic N) is 1. The van der Waals surface area contributed by atoms with Crippen molar-refractivity contribution in [1.82, 2.24) is 4.31 Å². The van der Waals surface area contributed by atoms with Crippen LogP contribution in [0.1, 0.15) is 35.1 Å². The van der Waals surface area contributed by atoms with Gasteiger partial charge < -0.3 is 9.47 Å². The van der Waals surface area contributed by atoms with Gasteiger partial charge in [0.2, 0.25) is 16.8 Å². The number of benzene rings is 3. The Labute approximate surface area is 219 Å². The van der Waals surface area contributed by atoms with E-state index in [4.69, 9.17) is 9.47 Å². The molecule has 38 heavy (non-hydrogen) atoms. The standard InChI is InChI=1S/C28H26F3NO5S/c1-17-4-5-18(13-26(33)27(10-11-27)20-7-8-23-24(15-20)37-16-36-23)12-21(17)19-6-9-25(38(34,35)32(2)3)22(14-19)28(29,30)31/h4-9,12,14-15H,10-11,13,16H2,1-3H3. The van der Waals surface area contributed by atoms with Crippen LogP contribution in [0, 0.1) is 6.92 Å². The van der Waals surface area contributed by atoms with E-state index in [9.17, 15) is 26.4 Å². The average molecular weight is 546 g/mol. The highest BCUT2D eigenvalue weighted by molar-refractivity contribution is 7.89. The third kappa shape index (κ3) is 4.56. The number of aryl methyl sites for hydroxylation is 1. The van der Waals surface area contributed by atoms with Crippen molar-refractivity contribution in [3.63, 3.8) is 0 Å². The summed E-state index contributed by atoms with van der Waals surface area (Å²) in [6.07, 6.45) is -3.35. The van der Waals surface area contributed by atoms with Crippen molar-refractivity contribution in [3.05, 3.63) is 76.9 Å². The number of carbonyl (C=O) groups is 1. The van der Waals surface area contributed by atoms with Gasteiger partial charge in [-0.3, -0.25) is 4.79 Å². The van der Waals surface area contributed by atoms with Gasteiger partial charge in [0.15, 0.2) is 11.5 Å². The smallest absolute Gasteiger partial charge is 0.417 e. The number of alkyl halides is 3. The first-order chi connectivity index (χ1) is 17.8. The number of sulfonamides is 1. The Bertz CT molecular complexity index is 1540. The SMILES string of the molecule is Cc1ccc(CC(=O)C2(c3ccc4c(c3)OCO4)CC2)cc1-c1ccc(S(=O)(=O)N(C)C)c(C(F)(F)F)c1. The second-order valence-corrected chi connectivity index (χ2v) is 12.0. The zero-order valence-corrected chi connectivity index (χ0v) is 21.9. The number of hydrogen-bond donors (Lipinski definition) is 0. The predicted octanol–water partition coefficient (Wildman–Crippen LogP) is 5.50. The van der Waals surface area contributed by atoms with Gasteiger partial charge >= 0.3 is 6.18 Å². The quantitative estimate of drug-likeness (QED) is 0.392. The normalized spacial score (nSPS) is 16.1. The van der Waals surface area contributed by atoms with Crippen molar-refractivity contribution in [1.29, 1.82) is 0 Å². The molecule has 200 valence electrons. The Morgan fingerprint density at radius 3 is 2.34 bits per heavy atom. The highest BCUT2D eigenvalue weighted by Gasteiger charge is 2.50. The molecular formula is C28H26F3NO5S. The summed E-state index contributed by atoms with van der Waals surface area (Å²) in [5.74, 6) is 1.27. The molecule has 0 N–H and O–H groups in total. The lowest BCUT2D eigenvalue weighted by molar-refractivity contribution is -0.139. The number of rotatable bonds is 7. The molecule has 0 spiro atoms. The van der Waals surface area contributed by atoms with Gasteiger partial charge in [-0.15, -0.1) is 0 Å². The minimum atomic E-state index is -4.88. The number of ether oxygens (including phenoxy) is 2. The first kappa shape index (κ1) is 26.2. The number of Topliss-reactive ketones (excluding diaryl/α,β-unsaturated/α-hetero) is 1. The molecule has 1 saturated carbocycles. The minimum Gasteiger partial charge on any atom is -0.454 e. The van der Waals surface area contributed by atoms with Gasteiger partial charge in [-0.2, -0.15) is 13.2 Å². The predicted molar refractivity (Wildman–Crippen MR) is 135 cm³/mol. The second-order valence-electron chi connectivity index (χ2n) is 9.90. The van der Waals surface area contributed by atoms with Crippen molar-refractivity contribution in [2.75, 3.05) is 20.9 Å². The van der Waals surface area contributed by atoms with Crippen LogP contribution in [0.2, 0.25) is 0 Å². The Morgan fingerprint density at radius 2 is 1.68 bits per heavy atom. The highest BCUT2D eigenvalue weighted by atomic mass is 32.2. The van der Waals surface area contributed by atoms with Gasteiger partial charge in [0, 0.05) is 20.5 Å². The van der Waals surface area contributed by atoms with Crippen LogP contribution in [0.3, 0.4) is 0 Å². The van der Waals surface area contributed by atoms with Gasteiger partial charge in [0.1, 0.15) is 5.78 Å². The van der Waals surface area contributed by atoms with Crippen LogP contribution in [0.25, 0.3) is 11.1 Å². The fourth-order valence-corrected chi connectivity index (χ4v) is 5.92. The van der Waals surface area contributed by atoms with E-state index in [1.165, 1.54) is 20.2 Å². The minimum absolute atomic E-state index is 0.0228. The van der Waals surface area contributed by atoms with E-state index in [-0.39, 0.29) is 24.6 Å². The Kier molecular flexibility index (Phi) is 6.30. The van der Waals surface area contributed by atoms with E-state index >= 15 is 0 Å². The van der Waals surface area contributed by atoms with Gasteiger partial charge in [0.25, 0.3) is 0 Å². The van der Waals surface area contributed by atoms with E-state index < -0.39 is 32.1 Å². The molecule has 10 heteroatoms. The average Bonchev–Trinajstić information content (AvgIpc) is 3.55. The summed E-state index contributed by atoms with van der Waals surface area (Å²) < 4.78 is 78.4. The lowest BCUT2D eigenvalue weighted by Gasteiger charge is -2.19. The summed E-state index contributed by atoms with van der Waals surface area (Å²) in [7, 11) is -1.94. The molecule has 1 aliphatic heterocycles. The second kappa shape index (κ2) is 9.13. The van der Waals surface area contributed by atoms with E-state index in [0.29, 0.717) is 41.0 Å². The van der Waals surface area contributed by atoms with Crippen LogP contribution in [0.5, 0.6) is 11.5 Å². The molecule has 6 nitrogen and oxygen atoms in total. The molecule has 0 atom stereocenters. The molecule has 1 heterocycles. The molecule has 3 aromatic carbocycles. The maximum absolute atomic E-state index is 13.9. The topological polar surface area (TPSA) is 72.9 Å². The first-order valence-corrected chi connectivity index (χ1v) is 13.4. The Hall–Kier alpha value is -3.37. The van der Waals surface area contributed by atoms with Crippen LogP contribution >= 0.6 is 0 Å². The van der Waals surface area contributed by atoms with Gasteiger partial charge in [0.05, 0.1) is 15.9 Å². The van der Waals surface area contributed by atoms with Crippen molar-refractivity contribution >= 4 is 15.8 Å². The molecule has 2 aliphatic rings. The van der Waals surface area contributed by atoms with Crippen LogP contribution in [0.4, 0.5) is 13.2 Å². The van der Waals surface area contributed by atoms with Crippen molar-refractivity contribution in [3.8, 4) is 22.6 Å². The van der Waals surface area contributed by atoms with Crippen molar-refractivity contribution in [2.24, 2.45) is 0 Å². The summed E-state index contributed by atoms with van der Waals surface area (Å²) in [5.41, 5.74) is 1.12. The number of hydrogen-bond acceptors (Lipinski definition) is 5. The van der Waals surface area contributed by atoms with Gasteiger partial charge in [-0.25, -0.2) is 12.7 Å². The van der Waals surface area contributed by atoms with Crippen LogP contribution in [-0.2, 0) is 32.8 Å². The lowest BCUT2D eigenvalue weighted by atomic mass is 9.86. The van der Waals surface area contributed by atoms with Crippen LogP contribution in [-0.4, -0.2) is 39.4 Å². The van der Waals surface area contributed by atoms with E-state index in [1.54, 1.807) is 31.2 Å². The van der Waals surface area contributed by atoms with Crippen molar-refractivity contribution in [2.45, 2.75) is 42.7 Å². The molecule has 0 saturated heterocycles. The van der Waals surface area contributed by atoms with Gasteiger partial charge in [-0.05, 0) is 71.8 Å². The van der Waals surface area contributed by atoms with Crippen molar-refractivity contribution < 1.29 is 35.9 Å². The summed E-state index contributed by atoms with van der Waals surface area (Å²) >= 11 is 0. The van der Waals surface area contributed by atoms with Gasteiger partial charge in [-0.1, -0.05) is 30.3 Å². The molecule has 1 aliphatic carbocycles. The summed E-state index contributed by atoms with van der Waals surface area (Å²) in [4.78, 5) is 12.6. The van der Waals surface area contributed by atoms with Crippen LogP contribution in [0.15, 0.2) is 59.5 Å². The lowest BCUT2D eigenvalue weighted by Crippen LogP contribution is -2.25. The number of carbonyl (C=O) groups excluding carboxylic acids is 1. The van der Waals surface area contributed by atoms with Crippen LogP contribution < -0.4 is 9.47 Å². The molecule has 0 amide bonds. The van der Waals surface area contributed by atoms with E-state index in [2.05, 4.69) is 0 Å². The Morgan fingerprint density at radius 1 is 0.974 bits per heavy atom. The Balaban J connectivity index is 1.47. The first-order valence-electron chi connectivity index (χ1n) is 12.0. The summed E-state index contributed by atoms with van der Waals surface area (Å²) in [6.45, 7) is 1.90. The maximum Gasteiger partial charge on any atom is 0.417 e. The molecule has 0 unspecified atom stereocenters. The number of ketones is 1.